The van der Waals surface area contributed by atoms with Crippen LogP contribution in [0, 0.1) is 0 Å². The summed E-state index contributed by atoms with van der Waals surface area (Å²) in [6.07, 6.45) is 2.39. The molecular formula is C11H24S4. The van der Waals surface area contributed by atoms with Gasteiger partial charge in [0.05, 0.1) is 4.08 Å². The van der Waals surface area contributed by atoms with Crippen molar-refractivity contribution >= 4 is 48.8 Å². The maximum atomic E-state index is 4.39. The summed E-state index contributed by atoms with van der Waals surface area (Å²) in [5, 5.41) is 1.05. The van der Waals surface area contributed by atoms with Crippen LogP contribution in [0.3, 0.4) is 0 Å². The van der Waals surface area contributed by atoms with Gasteiger partial charge in [0.15, 0.2) is 0 Å². The molecule has 0 bridgehead atoms. The molecule has 0 amide bonds. The highest BCUT2D eigenvalue weighted by Gasteiger charge is 2.18. The molecule has 0 rings (SSSR count). The van der Waals surface area contributed by atoms with E-state index < -0.39 is 0 Å². The molecule has 0 aliphatic carbocycles. The molecule has 2 atom stereocenters. The first-order chi connectivity index (χ1) is 6.83. The molecule has 0 fully saturated rings. The zero-order chi connectivity index (χ0) is 11.9. The van der Waals surface area contributed by atoms with Crippen LogP contribution in [0.1, 0.15) is 40.5 Å². The topological polar surface area (TPSA) is 0 Å². The Kier molecular flexibility index (Phi) is 9.28. The second-order valence-corrected chi connectivity index (χ2v) is 9.83. The fourth-order valence-electron chi connectivity index (χ4n) is 0.992. The fourth-order valence-corrected chi connectivity index (χ4v) is 4.36. The van der Waals surface area contributed by atoms with E-state index in [9.17, 15) is 0 Å². The molecule has 4 heteroatoms. The highest BCUT2D eigenvalue weighted by molar-refractivity contribution is 8.18. The molecule has 2 unspecified atom stereocenters. The molecule has 0 radical (unpaired) electrons. The van der Waals surface area contributed by atoms with Gasteiger partial charge in [-0.3, -0.25) is 0 Å². The summed E-state index contributed by atoms with van der Waals surface area (Å²) in [4.78, 5) is 0. The minimum absolute atomic E-state index is 0.339. The Bertz CT molecular complexity index is 139. The van der Waals surface area contributed by atoms with Crippen molar-refractivity contribution in [2.75, 3.05) is 11.5 Å². The summed E-state index contributed by atoms with van der Waals surface area (Å²) in [6, 6.07) is 0. The maximum absolute atomic E-state index is 4.39. The Labute approximate surface area is 115 Å². The first-order valence-corrected chi connectivity index (χ1v) is 8.48. The average molecular weight is 285 g/mol. The van der Waals surface area contributed by atoms with Gasteiger partial charge in [-0.15, -0.1) is 23.5 Å². The Morgan fingerprint density at radius 3 is 1.53 bits per heavy atom. The molecule has 0 saturated heterocycles. The lowest BCUT2D eigenvalue weighted by atomic mass is 10.4. The second-order valence-electron chi connectivity index (χ2n) is 4.37. The monoisotopic (exact) mass is 284 g/mol. The Morgan fingerprint density at radius 1 is 0.933 bits per heavy atom. The lowest BCUT2D eigenvalue weighted by Crippen LogP contribution is -2.12. The lowest BCUT2D eigenvalue weighted by molar-refractivity contribution is 0.904. The zero-order valence-corrected chi connectivity index (χ0v) is 13.6. The van der Waals surface area contributed by atoms with Gasteiger partial charge in [0, 0.05) is 0 Å². The van der Waals surface area contributed by atoms with Crippen molar-refractivity contribution in [3.8, 4) is 0 Å². The quantitative estimate of drug-likeness (QED) is 0.493. The Morgan fingerprint density at radius 2 is 1.27 bits per heavy atom. The fraction of sp³-hybridized carbons (Fsp3) is 1.00. The van der Waals surface area contributed by atoms with E-state index in [0.29, 0.717) is 14.6 Å². The van der Waals surface area contributed by atoms with Gasteiger partial charge in [-0.2, -0.15) is 25.3 Å². The van der Waals surface area contributed by atoms with Gasteiger partial charge in [-0.25, -0.2) is 0 Å². The van der Waals surface area contributed by atoms with Gasteiger partial charge >= 0.3 is 0 Å². The molecule has 0 aliphatic rings. The summed E-state index contributed by atoms with van der Waals surface area (Å²) in [5.41, 5.74) is 0. The zero-order valence-electron chi connectivity index (χ0n) is 10.2. The predicted molar refractivity (Wildman–Crippen MR) is 85.1 cm³/mol. The highest BCUT2D eigenvalue weighted by Crippen LogP contribution is 2.37. The van der Waals surface area contributed by atoms with Gasteiger partial charge in [-0.05, 0) is 48.7 Å². The highest BCUT2D eigenvalue weighted by atomic mass is 32.2. The molecule has 92 valence electrons. The third-order valence-corrected chi connectivity index (χ3v) is 5.46. The van der Waals surface area contributed by atoms with E-state index in [4.69, 9.17) is 0 Å². The molecule has 0 aromatic carbocycles. The van der Waals surface area contributed by atoms with Crippen LogP contribution in [0.4, 0.5) is 0 Å². The lowest BCUT2D eigenvalue weighted by Gasteiger charge is -2.24. The second kappa shape index (κ2) is 8.48. The maximum Gasteiger partial charge on any atom is 0.0555 e. The van der Waals surface area contributed by atoms with E-state index in [1.807, 2.05) is 23.5 Å². The van der Waals surface area contributed by atoms with E-state index in [0.717, 1.165) is 0 Å². The number of hydrogen-bond acceptors (Lipinski definition) is 4. The van der Waals surface area contributed by atoms with Crippen LogP contribution in [-0.2, 0) is 0 Å². The standard InChI is InChI=1S/C11H24S4/c1-9(12)5-7-14-11(3,4)15-8-6-10(2)13/h9-10,12-13H,5-8H2,1-4H3. The van der Waals surface area contributed by atoms with E-state index >= 15 is 0 Å². The van der Waals surface area contributed by atoms with Crippen LogP contribution < -0.4 is 0 Å². The molecule has 0 aliphatic heterocycles. The van der Waals surface area contributed by atoms with E-state index in [2.05, 4.69) is 53.0 Å². The minimum atomic E-state index is 0.339. The molecule has 0 aromatic heterocycles. The first-order valence-electron chi connectivity index (χ1n) is 5.47. The van der Waals surface area contributed by atoms with Gasteiger partial charge in [-0.1, -0.05) is 13.8 Å². The van der Waals surface area contributed by atoms with Crippen molar-refractivity contribution in [2.24, 2.45) is 0 Å². The molecule has 0 saturated carbocycles. The normalized spacial score (nSPS) is 16.4. The molecule has 0 aromatic rings. The van der Waals surface area contributed by atoms with E-state index in [-0.39, 0.29) is 0 Å². The van der Waals surface area contributed by atoms with Crippen LogP contribution >= 0.6 is 48.8 Å². The molecule has 0 heterocycles. The van der Waals surface area contributed by atoms with Crippen LogP contribution in [0.25, 0.3) is 0 Å². The molecule has 0 N–H and O–H groups in total. The van der Waals surface area contributed by atoms with Gasteiger partial charge in [0.2, 0.25) is 0 Å². The first kappa shape index (κ1) is 16.4. The van der Waals surface area contributed by atoms with Crippen LogP contribution in [0.2, 0.25) is 0 Å². The van der Waals surface area contributed by atoms with Crippen LogP contribution in [0.5, 0.6) is 0 Å². The Hall–Kier alpha value is 1.40. The van der Waals surface area contributed by atoms with Gasteiger partial charge < -0.3 is 0 Å². The van der Waals surface area contributed by atoms with Crippen molar-refractivity contribution < 1.29 is 0 Å². The van der Waals surface area contributed by atoms with Crippen molar-refractivity contribution in [3.63, 3.8) is 0 Å². The average Bonchev–Trinajstić information content (AvgIpc) is 2.01. The SMILES string of the molecule is CC(S)CCSC(C)(C)SCCC(C)S. The number of hydrogen-bond donors (Lipinski definition) is 2. The molecule has 0 nitrogen and oxygen atoms in total. The smallest absolute Gasteiger partial charge is 0.0555 e. The predicted octanol–water partition coefficient (Wildman–Crippen LogP) is 4.61. The summed E-state index contributed by atoms with van der Waals surface area (Å²) < 4.78 is 0.339. The minimum Gasteiger partial charge on any atom is -0.176 e. The third-order valence-electron chi connectivity index (χ3n) is 1.97. The van der Waals surface area contributed by atoms with Crippen molar-refractivity contribution in [1.29, 1.82) is 0 Å². The summed E-state index contributed by atoms with van der Waals surface area (Å²) >= 11 is 12.9. The van der Waals surface area contributed by atoms with Gasteiger partial charge in [0.1, 0.15) is 0 Å². The van der Waals surface area contributed by atoms with Crippen molar-refractivity contribution in [3.05, 3.63) is 0 Å². The van der Waals surface area contributed by atoms with Gasteiger partial charge in [0.25, 0.3) is 0 Å². The van der Waals surface area contributed by atoms with Crippen LogP contribution in [-0.4, -0.2) is 26.1 Å². The molecule has 0 spiro atoms. The number of thiol groups is 2. The molecular weight excluding hydrogens is 260 g/mol. The number of rotatable bonds is 8. The summed E-state index contributed by atoms with van der Waals surface area (Å²) in [7, 11) is 0. The van der Waals surface area contributed by atoms with E-state index in [1.54, 1.807) is 0 Å². The Balaban J connectivity index is 3.57. The van der Waals surface area contributed by atoms with Crippen LogP contribution in [0.15, 0.2) is 0 Å². The third kappa shape index (κ3) is 11.7. The number of thioether (sulfide) groups is 2. The summed E-state index contributed by atoms with van der Waals surface area (Å²) in [5.74, 6) is 2.42. The van der Waals surface area contributed by atoms with E-state index in [1.165, 1.54) is 24.3 Å². The largest absolute Gasteiger partial charge is 0.176 e. The summed E-state index contributed by atoms with van der Waals surface area (Å²) in [6.45, 7) is 8.95. The molecule has 15 heavy (non-hydrogen) atoms. The van der Waals surface area contributed by atoms with Crippen molar-refractivity contribution in [1.82, 2.24) is 0 Å². The van der Waals surface area contributed by atoms with Crippen molar-refractivity contribution in [2.45, 2.75) is 55.1 Å².